The van der Waals surface area contributed by atoms with Crippen LogP contribution in [0.4, 0.5) is 0 Å². The van der Waals surface area contributed by atoms with Crippen molar-refractivity contribution in [3.8, 4) is 5.75 Å². The highest BCUT2D eigenvalue weighted by molar-refractivity contribution is 5.91. The van der Waals surface area contributed by atoms with Crippen LogP contribution < -0.4 is 0 Å². The average molecular weight is 437 g/mol. The van der Waals surface area contributed by atoms with E-state index in [-0.39, 0.29) is 23.1 Å². The zero-order valence-corrected chi connectivity index (χ0v) is 18.7. The number of hydrogen-bond acceptors (Lipinski definition) is 2. The lowest BCUT2D eigenvalue weighted by atomic mass is 9.80. The molecule has 0 aliphatic rings. The number of aromatic hydroxyl groups is 1. The number of carboxylic acids is 1. The third kappa shape index (κ3) is 5.32. The Bertz CT molecular complexity index is 1200. The summed E-state index contributed by atoms with van der Waals surface area (Å²) in [4.78, 5) is 12.0. The van der Waals surface area contributed by atoms with Gasteiger partial charge in [-0.2, -0.15) is 0 Å². The molecule has 0 fully saturated rings. The van der Waals surface area contributed by atoms with Crippen molar-refractivity contribution in [3.05, 3.63) is 137 Å². The predicted octanol–water partition coefficient (Wildman–Crippen LogP) is 7.01. The molecule has 3 nitrogen and oxygen atoms in total. The molecule has 0 bridgehead atoms. The van der Waals surface area contributed by atoms with Gasteiger partial charge in [0.25, 0.3) is 0 Å². The summed E-state index contributed by atoms with van der Waals surface area (Å²) in [5.74, 6) is -1.18. The second-order valence-corrected chi connectivity index (χ2v) is 8.56. The lowest BCUT2D eigenvalue weighted by molar-refractivity contribution is 0.0693. The molecule has 4 rings (SSSR count). The van der Waals surface area contributed by atoms with Crippen molar-refractivity contribution in [2.45, 2.75) is 31.6 Å². The predicted molar refractivity (Wildman–Crippen MR) is 132 cm³/mol. The third-order valence-corrected chi connectivity index (χ3v) is 6.22. The first-order valence-electron chi connectivity index (χ1n) is 11.3. The van der Waals surface area contributed by atoms with Crippen molar-refractivity contribution in [1.29, 1.82) is 0 Å². The molecule has 0 spiro atoms. The highest BCUT2D eigenvalue weighted by Gasteiger charge is 2.25. The first-order chi connectivity index (χ1) is 16.0. The molecule has 0 amide bonds. The maximum Gasteiger partial charge on any atom is 0.339 e. The molecule has 4 aromatic carbocycles. The smallest absolute Gasteiger partial charge is 0.339 e. The van der Waals surface area contributed by atoms with Crippen LogP contribution >= 0.6 is 0 Å². The zero-order valence-electron chi connectivity index (χ0n) is 18.7. The molecule has 0 heterocycles. The molecule has 3 heteroatoms. The van der Waals surface area contributed by atoms with E-state index < -0.39 is 5.97 Å². The highest BCUT2D eigenvalue weighted by atomic mass is 16.4. The Hall–Kier alpha value is -3.85. The molecular weight excluding hydrogens is 408 g/mol. The van der Waals surface area contributed by atoms with Crippen LogP contribution in [0.15, 0.2) is 103 Å². The molecule has 0 saturated carbocycles. The van der Waals surface area contributed by atoms with Gasteiger partial charge < -0.3 is 10.2 Å². The van der Waals surface area contributed by atoms with Gasteiger partial charge in [-0.1, -0.05) is 104 Å². The van der Waals surface area contributed by atoms with Gasteiger partial charge in [0.15, 0.2) is 0 Å². The van der Waals surface area contributed by atoms with E-state index in [1.54, 1.807) is 6.07 Å². The molecule has 166 valence electrons. The van der Waals surface area contributed by atoms with E-state index in [2.05, 4.69) is 19.1 Å². The lowest BCUT2D eigenvalue weighted by Crippen LogP contribution is -2.10. The Morgan fingerprint density at radius 1 is 0.758 bits per heavy atom. The Labute approximate surface area is 195 Å². The van der Waals surface area contributed by atoms with Crippen LogP contribution in [0, 0.1) is 0 Å². The molecule has 0 saturated heterocycles. The molecule has 0 aromatic heterocycles. The van der Waals surface area contributed by atoms with Crippen molar-refractivity contribution in [2.75, 3.05) is 0 Å². The third-order valence-electron chi connectivity index (χ3n) is 6.22. The van der Waals surface area contributed by atoms with Crippen molar-refractivity contribution in [1.82, 2.24) is 0 Å². The summed E-state index contributed by atoms with van der Waals surface area (Å²) < 4.78 is 0. The Balaban J connectivity index is 1.80. The molecular formula is C30H28O3. The Kier molecular flexibility index (Phi) is 6.89. The Morgan fingerprint density at radius 2 is 1.30 bits per heavy atom. The van der Waals surface area contributed by atoms with Crippen LogP contribution in [-0.4, -0.2) is 16.2 Å². The van der Waals surface area contributed by atoms with Crippen molar-refractivity contribution in [2.24, 2.45) is 0 Å². The van der Waals surface area contributed by atoms with E-state index in [4.69, 9.17) is 0 Å². The van der Waals surface area contributed by atoms with Gasteiger partial charge in [0.1, 0.15) is 11.3 Å². The lowest BCUT2D eigenvalue weighted by Gasteiger charge is -2.24. The fourth-order valence-corrected chi connectivity index (χ4v) is 4.48. The molecule has 2 unspecified atom stereocenters. The van der Waals surface area contributed by atoms with Gasteiger partial charge >= 0.3 is 5.97 Å². The van der Waals surface area contributed by atoms with Gasteiger partial charge in [-0.3, -0.25) is 0 Å². The van der Waals surface area contributed by atoms with Gasteiger partial charge in [-0.25, -0.2) is 4.79 Å². The van der Waals surface area contributed by atoms with Crippen LogP contribution in [0.25, 0.3) is 0 Å². The fourth-order valence-electron chi connectivity index (χ4n) is 4.48. The first kappa shape index (κ1) is 22.3. The number of phenols is 1. The molecule has 33 heavy (non-hydrogen) atoms. The first-order valence-corrected chi connectivity index (χ1v) is 11.3. The van der Waals surface area contributed by atoms with Crippen LogP contribution in [-0.2, 0) is 6.42 Å². The van der Waals surface area contributed by atoms with Gasteiger partial charge in [0.2, 0.25) is 0 Å². The van der Waals surface area contributed by atoms with Crippen molar-refractivity contribution in [3.63, 3.8) is 0 Å². The number of aromatic carboxylic acids is 1. The van der Waals surface area contributed by atoms with Crippen LogP contribution in [0.5, 0.6) is 5.75 Å². The standard InChI is InChI=1S/C30H28O3/c1-21(24-13-7-3-8-14-24)17-26(25-15-9-4-10-16-25)27-19-23(18-22-11-5-2-6-12-22)20-28(29(27)31)30(32)33/h2-16,19-21,26,31H,17-18H2,1H3,(H,32,33). The van der Waals surface area contributed by atoms with E-state index in [1.165, 1.54) is 5.56 Å². The van der Waals surface area contributed by atoms with E-state index in [0.29, 0.717) is 12.0 Å². The van der Waals surface area contributed by atoms with E-state index in [0.717, 1.165) is 23.1 Å². The molecule has 2 atom stereocenters. The van der Waals surface area contributed by atoms with E-state index in [1.807, 2.05) is 84.9 Å². The van der Waals surface area contributed by atoms with E-state index in [9.17, 15) is 15.0 Å². The molecule has 4 aromatic rings. The summed E-state index contributed by atoms with van der Waals surface area (Å²) in [6.45, 7) is 2.17. The normalized spacial score (nSPS) is 12.8. The maximum atomic E-state index is 12.0. The van der Waals surface area contributed by atoms with Gasteiger partial charge in [-0.15, -0.1) is 0 Å². The summed E-state index contributed by atoms with van der Waals surface area (Å²) >= 11 is 0. The van der Waals surface area contributed by atoms with Crippen LogP contribution in [0.2, 0.25) is 0 Å². The zero-order chi connectivity index (χ0) is 23.2. The summed E-state index contributed by atoms with van der Waals surface area (Å²) in [6, 6.07) is 33.9. The molecule has 0 radical (unpaired) electrons. The minimum absolute atomic E-state index is 0.0493. The number of rotatable bonds is 8. The molecule has 2 N–H and O–H groups in total. The van der Waals surface area contributed by atoms with Crippen molar-refractivity contribution >= 4 is 5.97 Å². The van der Waals surface area contributed by atoms with Gasteiger partial charge in [-0.05, 0) is 47.1 Å². The van der Waals surface area contributed by atoms with Gasteiger partial charge in [0, 0.05) is 11.5 Å². The van der Waals surface area contributed by atoms with Crippen LogP contribution in [0.1, 0.15) is 63.4 Å². The molecule has 0 aliphatic carbocycles. The van der Waals surface area contributed by atoms with Crippen molar-refractivity contribution < 1.29 is 15.0 Å². The average Bonchev–Trinajstić information content (AvgIpc) is 2.85. The minimum Gasteiger partial charge on any atom is -0.507 e. The monoisotopic (exact) mass is 436 g/mol. The maximum absolute atomic E-state index is 12.0. The Morgan fingerprint density at radius 3 is 1.88 bits per heavy atom. The topological polar surface area (TPSA) is 57.5 Å². The summed E-state index contributed by atoms with van der Waals surface area (Å²) in [6.07, 6.45) is 1.35. The second-order valence-electron chi connectivity index (χ2n) is 8.56. The van der Waals surface area contributed by atoms with Gasteiger partial charge in [0.05, 0.1) is 0 Å². The summed E-state index contributed by atoms with van der Waals surface area (Å²) in [5.41, 5.74) is 4.86. The number of hydrogen-bond donors (Lipinski definition) is 2. The number of carboxylic acid groups (broad SMARTS) is 1. The number of carbonyl (C=O) groups is 1. The summed E-state index contributed by atoms with van der Waals surface area (Å²) in [5, 5.41) is 20.9. The largest absolute Gasteiger partial charge is 0.507 e. The SMILES string of the molecule is CC(CC(c1ccccc1)c1cc(Cc2ccccc2)cc(C(=O)O)c1O)c1ccccc1. The molecule has 0 aliphatic heterocycles. The minimum atomic E-state index is -1.12. The van der Waals surface area contributed by atoms with E-state index >= 15 is 0 Å². The van der Waals surface area contributed by atoms with Crippen LogP contribution in [0.3, 0.4) is 0 Å². The second kappa shape index (κ2) is 10.2. The highest BCUT2D eigenvalue weighted by Crippen LogP contribution is 2.41. The summed E-state index contributed by atoms with van der Waals surface area (Å²) in [7, 11) is 0. The number of benzene rings is 4. The quantitative estimate of drug-likeness (QED) is 0.312. The fraction of sp³-hybridized carbons (Fsp3) is 0.167.